The van der Waals surface area contributed by atoms with Gasteiger partial charge in [-0.15, -0.1) is 0 Å². The summed E-state index contributed by atoms with van der Waals surface area (Å²) in [4.78, 5) is 22.2. The summed E-state index contributed by atoms with van der Waals surface area (Å²) in [5, 5.41) is 0. The van der Waals surface area contributed by atoms with Crippen LogP contribution in [0.25, 0.3) is 0 Å². The molecule has 0 bridgehead atoms. The zero-order valence-electron chi connectivity index (χ0n) is 11.1. The fraction of sp³-hybridized carbons (Fsp3) is 0.385. The van der Waals surface area contributed by atoms with Crippen LogP contribution in [0.4, 0.5) is 13.2 Å². The predicted octanol–water partition coefficient (Wildman–Crippen LogP) is 1.55. The van der Waals surface area contributed by atoms with Crippen molar-refractivity contribution in [3.05, 3.63) is 35.9 Å². The third-order valence-electron chi connectivity index (χ3n) is 2.53. The Bertz CT molecular complexity index is 490. The van der Waals surface area contributed by atoms with Gasteiger partial charge in [0.25, 0.3) is 0 Å². The summed E-state index contributed by atoms with van der Waals surface area (Å²) in [6, 6.07) is 7.14. The molecule has 8 heteroatoms. The maximum Gasteiger partial charge on any atom is 0.490 e. The maximum atomic E-state index is 12.0. The van der Waals surface area contributed by atoms with Crippen molar-refractivity contribution in [2.75, 3.05) is 0 Å². The number of ether oxygens (including phenoxy) is 2. The van der Waals surface area contributed by atoms with Crippen molar-refractivity contribution < 1.29 is 32.2 Å². The van der Waals surface area contributed by atoms with Crippen LogP contribution in [0.15, 0.2) is 30.3 Å². The molecule has 2 atom stereocenters. The Labute approximate surface area is 118 Å². The highest BCUT2D eigenvalue weighted by molar-refractivity contribution is 5.79. The van der Waals surface area contributed by atoms with Crippen LogP contribution in [-0.4, -0.2) is 30.3 Å². The first-order valence-electron chi connectivity index (χ1n) is 5.95. The van der Waals surface area contributed by atoms with Gasteiger partial charge in [0.1, 0.15) is 18.8 Å². The quantitative estimate of drug-likeness (QED) is 0.835. The Hall–Kier alpha value is -2.09. The molecule has 0 heterocycles. The Balaban J connectivity index is 2.48. The lowest BCUT2D eigenvalue weighted by molar-refractivity contribution is -0.205. The Morgan fingerprint density at radius 1 is 1.24 bits per heavy atom. The second-order valence-electron chi connectivity index (χ2n) is 4.23. The van der Waals surface area contributed by atoms with Gasteiger partial charge in [-0.25, -0.2) is 4.79 Å². The maximum absolute atomic E-state index is 12.0. The molecule has 116 valence electrons. The zero-order chi connectivity index (χ0) is 16.0. The standard InChI is InChI=1S/C13H14F3NO4/c1-8(21-12(19)13(14,15)16)10(17)11(18)20-7-9-5-3-2-4-6-9/h2-6,8,10H,7,17H2,1H3/t8-,10+/m1/s1. The van der Waals surface area contributed by atoms with Crippen LogP contribution in [0.2, 0.25) is 0 Å². The van der Waals surface area contributed by atoms with E-state index in [4.69, 9.17) is 10.5 Å². The van der Waals surface area contributed by atoms with Crippen molar-refractivity contribution in [2.24, 2.45) is 5.73 Å². The first-order chi connectivity index (χ1) is 9.71. The fourth-order valence-corrected chi connectivity index (χ4v) is 1.33. The number of rotatable bonds is 5. The summed E-state index contributed by atoms with van der Waals surface area (Å²) in [5.41, 5.74) is 6.09. The molecular formula is C13H14F3NO4. The number of carbonyl (C=O) groups excluding carboxylic acids is 2. The molecular weight excluding hydrogens is 291 g/mol. The molecule has 0 fully saturated rings. The Kier molecular flexibility index (Phi) is 5.71. The molecule has 0 saturated heterocycles. The van der Waals surface area contributed by atoms with Crippen LogP contribution in [-0.2, 0) is 25.7 Å². The molecule has 1 rings (SSSR count). The third-order valence-corrected chi connectivity index (χ3v) is 2.53. The summed E-state index contributed by atoms with van der Waals surface area (Å²) < 4.78 is 44.9. The van der Waals surface area contributed by atoms with Gasteiger partial charge < -0.3 is 15.2 Å². The molecule has 0 aliphatic rings. The number of halogens is 3. The van der Waals surface area contributed by atoms with Crippen LogP contribution in [0.3, 0.4) is 0 Å². The van der Waals surface area contributed by atoms with E-state index in [1.165, 1.54) is 0 Å². The fourth-order valence-electron chi connectivity index (χ4n) is 1.33. The first-order valence-corrected chi connectivity index (χ1v) is 5.95. The number of hydrogen-bond donors (Lipinski definition) is 1. The number of benzene rings is 1. The van der Waals surface area contributed by atoms with Gasteiger partial charge in [0.05, 0.1) is 0 Å². The van der Waals surface area contributed by atoms with Gasteiger partial charge in [0.15, 0.2) is 0 Å². The summed E-state index contributed by atoms with van der Waals surface area (Å²) in [5.74, 6) is -3.36. The van der Waals surface area contributed by atoms with Crippen molar-refractivity contribution in [2.45, 2.75) is 31.9 Å². The van der Waals surface area contributed by atoms with Crippen LogP contribution < -0.4 is 5.73 Å². The lowest BCUT2D eigenvalue weighted by Gasteiger charge is -2.19. The summed E-state index contributed by atoms with van der Waals surface area (Å²) in [6.07, 6.45) is -6.59. The SMILES string of the molecule is C[C@@H](OC(=O)C(F)(F)F)[C@H](N)C(=O)OCc1ccccc1. The van der Waals surface area contributed by atoms with Crippen molar-refractivity contribution >= 4 is 11.9 Å². The minimum Gasteiger partial charge on any atom is -0.460 e. The molecule has 0 amide bonds. The van der Waals surface area contributed by atoms with E-state index in [9.17, 15) is 22.8 Å². The van der Waals surface area contributed by atoms with Gasteiger partial charge in [0.2, 0.25) is 0 Å². The molecule has 0 aromatic heterocycles. The normalized spacial score (nSPS) is 14.1. The molecule has 0 unspecified atom stereocenters. The van der Waals surface area contributed by atoms with E-state index in [0.717, 1.165) is 6.92 Å². The van der Waals surface area contributed by atoms with E-state index in [-0.39, 0.29) is 6.61 Å². The monoisotopic (exact) mass is 305 g/mol. The van der Waals surface area contributed by atoms with Crippen LogP contribution in [0.5, 0.6) is 0 Å². The van der Waals surface area contributed by atoms with E-state index in [0.29, 0.717) is 5.56 Å². The van der Waals surface area contributed by atoms with Gasteiger partial charge in [-0.3, -0.25) is 4.79 Å². The molecule has 0 aliphatic heterocycles. The summed E-state index contributed by atoms with van der Waals surface area (Å²) >= 11 is 0. The van der Waals surface area contributed by atoms with Crippen molar-refractivity contribution in [3.63, 3.8) is 0 Å². The van der Waals surface area contributed by atoms with Gasteiger partial charge in [0, 0.05) is 0 Å². The molecule has 1 aromatic carbocycles. The van der Waals surface area contributed by atoms with Gasteiger partial charge in [-0.2, -0.15) is 13.2 Å². The van der Waals surface area contributed by atoms with E-state index in [1.807, 2.05) is 0 Å². The highest BCUT2D eigenvalue weighted by Crippen LogP contribution is 2.18. The van der Waals surface area contributed by atoms with Gasteiger partial charge >= 0.3 is 18.1 Å². The third kappa shape index (κ3) is 5.42. The number of carbonyl (C=O) groups is 2. The zero-order valence-corrected chi connectivity index (χ0v) is 11.1. The number of hydrogen-bond acceptors (Lipinski definition) is 5. The van der Waals surface area contributed by atoms with E-state index < -0.39 is 30.3 Å². The minimum atomic E-state index is -5.14. The Morgan fingerprint density at radius 3 is 2.33 bits per heavy atom. The molecule has 1 aromatic rings. The van der Waals surface area contributed by atoms with E-state index in [2.05, 4.69) is 4.74 Å². The lowest BCUT2D eigenvalue weighted by atomic mass is 10.2. The van der Waals surface area contributed by atoms with Crippen molar-refractivity contribution in [1.29, 1.82) is 0 Å². The highest BCUT2D eigenvalue weighted by Gasteiger charge is 2.43. The van der Waals surface area contributed by atoms with Gasteiger partial charge in [-0.05, 0) is 12.5 Å². The van der Waals surface area contributed by atoms with Crippen molar-refractivity contribution in [3.8, 4) is 0 Å². The Morgan fingerprint density at radius 2 is 1.81 bits per heavy atom. The summed E-state index contributed by atoms with van der Waals surface area (Å²) in [7, 11) is 0. The number of alkyl halides is 3. The predicted molar refractivity (Wildman–Crippen MR) is 65.8 cm³/mol. The van der Waals surface area contributed by atoms with E-state index >= 15 is 0 Å². The average molecular weight is 305 g/mol. The second kappa shape index (κ2) is 7.07. The number of esters is 2. The lowest BCUT2D eigenvalue weighted by Crippen LogP contribution is -2.45. The second-order valence-corrected chi connectivity index (χ2v) is 4.23. The van der Waals surface area contributed by atoms with E-state index in [1.54, 1.807) is 30.3 Å². The molecule has 0 aliphatic carbocycles. The van der Waals surface area contributed by atoms with Crippen LogP contribution in [0, 0.1) is 0 Å². The van der Waals surface area contributed by atoms with Crippen LogP contribution in [0.1, 0.15) is 12.5 Å². The molecule has 21 heavy (non-hydrogen) atoms. The molecule has 0 spiro atoms. The topological polar surface area (TPSA) is 78.6 Å². The molecule has 5 nitrogen and oxygen atoms in total. The van der Waals surface area contributed by atoms with Gasteiger partial charge in [-0.1, -0.05) is 30.3 Å². The molecule has 0 radical (unpaired) electrons. The average Bonchev–Trinajstić information content (AvgIpc) is 2.43. The summed E-state index contributed by atoms with van der Waals surface area (Å²) in [6.45, 7) is 1.01. The molecule has 2 N–H and O–H groups in total. The largest absolute Gasteiger partial charge is 0.490 e. The first kappa shape index (κ1) is 17.0. The van der Waals surface area contributed by atoms with Crippen LogP contribution >= 0.6 is 0 Å². The highest BCUT2D eigenvalue weighted by atomic mass is 19.4. The number of nitrogens with two attached hydrogens (primary N) is 1. The smallest absolute Gasteiger partial charge is 0.460 e. The van der Waals surface area contributed by atoms with Crippen molar-refractivity contribution in [1.82, 2.24) is 0 Å². The minimum absolute atomic E-state index is 0.0761. The molecule has 0 saturated carbocycles.